The Morgan fingerprint density at radius 1 is 1.11 bits per heavy atom. The van der Waals surface area contributed by atoms with Crippen LogP contribution in [0.2, 0.25) is 0 Å². The summed E-state index contributed by atoms with van der Waals surface area (Å²) >= 11 is 0. The minimum atomic E-state index is -0.282. The molecule has 0 aliphatic heterocycles. The highest BCUT2D eigenvalue weighted by molar-refractivity contribution is 5.77. The highest BCUT2D eigenvalue weighted by Crippen LogP contribution is 2.22. The molecule has 1 heterocycles. The lowest BCUT2D eigenvalue weighted by atomic mass is 10.2. The van der Waals surface area contributed by atoms with Gasteiger partial charge in [0.25, 0.3) is 0 Å². The fourth-order valence-electron chi connectivity index (χ4n) is 2.71. The summed E-state index contributed by atoms with van der Waals surface area (Å²) in [7, 11) is 4.98. The monoisotopic (exact) mass is 369 g/mol. The van der Waals surface area contributed by atoms with Gasteiger partial charge in [-0.15, -0.1) is 0 Å². The molecule has 0 radical (unpaired) electrons. The smallest absolute Gasteiger partial charge is 0.319 e. The molecular formula is C20H23N3O4. The number of methoxy groups -OCH3 is 2. The molecule has 27 heavy (non-hydrogen) atoms. The van der Waals surface area contributed by atoms with E-state index in [1.165, 1.54) is 7.11 Å². The second-order valence-corrected chi connectivity index (χ2v) is 6.05. The van der Waals surface area contributed by atoms with E-state index in [1.54, 1.807) is 7.11 Å². The van der Waals surface area contributed by atoms with E-state index in [0.717, 1.165) is 33.9 Å². The first kappa shape index (κ1) is 18.7. The van der Waals surface area contributed by atoms with Crippen molar-refractivity contribution in [2.24, 2.45) is 7.05 Å². The number of carbonyl (C=O) groups is 1. The second kappa shape index (κ2) is 8.55. The van der Waals surface area contributed by atoms with Crippen LogP contribution in [0.4, 0.5) is 0 Å². The predicted octanol–water partition coefficient (Wildman–Crippen LogP) is 2.42. The second-order valence-electron chi connectivity index (χ2n) is 6.05. The SMILES string of the molecule is COC(=O)CNCc1ccc(OCc2nc3ccc(OC)cc3n2C)cc1. The van der Waals surface area contributed by atoms with E-state index in [0.29, 0.717) is 13.2 Å². The number of carbonyl (C=O) groups excluding carboxylic acids is 1. The molecule has 1 aromatic heterocycles. The van der Waals surface area contributed by atoms with E-state index in [4.69, 9.17) is 9.47 Å². The molecule has 0 fully saturated rings. The molecule has 3 rings (SSSR count). The van der Waals surface area contributed by atoms with Crippen molar-refractivity contribution in [3.8, 4) is 11.5 Å². The average molecular weight is 369 g/mol. The predicted molar refractivity (Wildman–Crippen MR) is 102 cm³/mol. The van der Waals surface area contributed by atoms with Crippen LogP contribution >= 0.6 is 0 Å². The number of hydrogen-bond acceptors (Lipinski definition) is 6. The minimum absolute atomic E-state index is 0.187. The number of nitrogens with zero attached hydrogens (tertiary/aromatic N) is 2. The van der Waals surface area contributed by atoms with Gasteiger partial charge in [-0.3, -0.25) is 4.79 Å². The van der Waals surface area contributed by atoms with Crippen LogP contribution in [0, 0.1) is 0 Å². The Morgan fingerprint density at radius 3 is 2.56 bits per heavy atom. The summed E-state index contributed by atoms with van der Waals surface area (Å²) in [6.45, 7) is 1.14. The van der Waals surface area contributed by atoms with Gasteiger partial charge < -0.3 is 24.1 Å². The van der Waals surface area contributed by atoms with Gasteiger partial charge in [-0.05, 0) is 29.8 Å². The molecular weight excluding hydrogens is 346 g/mol. The fourth-order valence-corrected chi connectivity index (χ4v) is 2.71. The lowest BCUT2D eigenvalue weighted by molar-refractivity contribution is -0.139. The summed E-state index contributed by atoms with van der Waals surface area (Å²) < 4.78 is 17.7. The van der Waals surface area contributed by atoms with Crippen molar-refractivity contribution in [3.05, 3.63) is 53.9 Å². The number of esters is 1. The lowest BCUT2D eigenvalue weighted by Crippen LogP contribution is -2.23. The maximum Gasteiger partial charge on any atom is 0.319 e. The Labute approximate surface area is 157 Å². The number of nitrogens with one attached hydrogen (secondary N) is 1. The number of fused-ring (bicyclic) bond motifs is 1. The van der Waals surface area contributed by atoms with Crippen molar-refractivity contribution in [3.63, 3.8) is 0 Å². The van der Waals surface area contributed by atoms with Gasteiger partial charge in [-0.1, -0.05) is 12.1 Å². The van der Waals surface area contributed by atoms with Gasteiger partial charge in [0, 0.05) is 19.7 Å². The Balaban J connectivity index is 1.59. The summed E-state index contributed by atoms with van der Waals surface area (Å²) in [5, 5.41) is 3.02. The number of rotatable bonds is 8. The molecule has 7 heteroatoms. The van der Waals surface area contributed by atoms with Crippen LogP contribution in [0.5, 0.6) is 11.5 Å². The molecule has 142 valence electrons. The molecule has 0 bridgehead atoms. The Kier molecular flexibility index (Phi) is 5.93. The lowest BCUT2D eigenvalue weighted by Gasteiger charge is -2.08. The van der Waals surface area contributed by atoms with Gasteiger partial charge in [0.15, 0.2) is 0 Å². The third-order valence-corrected chi connectivity index (χ3v) is 4.30. The van der Waals surface area contributed by atoms with E-state index in [2.05, 4.69) is 15.0 Å². The molecule has 0 aliphatic carbocycles. The molecule has 0 spiro atoms. The van der Waals surface area contributed by atoms with E-state index in [-0.39, 0.29) is 12.5 Å². The van der Waals surface area contributed by atoms with Crippen LogP contribution in [0.15, 0.2) is 42.5 Å². The topological polar surface area (TPSA) is 74.6 Å². The average Bonchev–Trinajstić information content (AvgIpc) is 3.02. The largest absolute Gasteiger partial charge is 0.497 e. The van der Waals surface area contributed by atoms with E-state index in [1.807, 2.05) is 54.1 Å². The molecule has 2 aromatic carbocycles. The van der Waals surface area contributed by atoms with Crippen LogP contribution in [-0.2, 0) is 29.7 Å². The molecule has 0 amide bonds. The number of imidazole rings is 1. The molecule has 0 aliphatic rings. The number of hydrogen-bond donors (Lipinski definition) is 1. The minimum Gasteiger partial charge on any atom is -0.497 e. The van der Waals surface area contributed by atoms with E-state index < -0.39 is 0 Å². The van der Waals surface area contributed by atoms with Crippen molar-refractivity contribution in [2.45, 2.75) is 13.2 Å². The first-order valence-corrected chi connectivity index (χ1v) is 8.59. The molecule has 3 aromatic rings. The first-order chi connectivity index (χ1) is 13.1. The molecule has 0 saturated carbocycles. The van der Waals surface area contributed by atoms with Crippen molar-refractivity contribution in [2.75, 3.05) is 20.8 Å². The van der Waals surface area contributed by atoms with Gasteiger partial charge in [-0.25, -0.2) is 4.98 Å². The van der Waals surface area contributed by atoms with Gasteiger partial charge in [0.2, 0.25) is 0 Å². The van der Waals surface area contributed by atoms with Gasteiger partial charge in [0.1, 0.15) is 23.9 Å². The Morgan fingerprint density at radius 2 is 1.85 bits per heavy atom. The van der Waals surface area contributed by atoms with Crippen LogP contribution in [0.25, 0.3) is 11.0 Å². The summed E-state index contributed by atoms with van der Waals surface area (Å²) in [5.74, 6) is 2.11. The zero-order chi connectivity index (χ0) is 19.2. The van der Waals surface area contributed by atoms with Crippen molar-refractivity contribution < 1.29 is 19.0 Å². The summed E-state index contributed by atoms with van der Waals surface area (Å²) in [6, 6.07) is 13.5. The van der Waals surface area contributed by atoms with Crippen molar-refractivity contribution in [1.82, 2.24) is 14.9 Å². The number of benzene rings is 2. The summed E-state index contributed by atoms with van der Waals surface area (Å²) in [6.07, 6.45) is 0. The van der Waals surface area contributed by atoms with Crippen molar-refractivity contribution >= 4 is 17.0 Å². The third-order valence-electron chi connectivity index (χ3n) is 4.30. The van der Waals surface area contributed by atoms with E-state index >= 15 is 0 Å². The maximum absolute atomic E-state index is 11.1. The number of aryl methyl sites for hydroxylation is 1. The van der Waals surface area contributed by atoms with Gasteiger partial charge >= 0.3 is 5.97 Å². The van der Waals surface area contributed by atoms with Crippen LogP contribution in [0.3, 0.4) is 0 Å². The normalized spacial score (nSPS) is 10.8. The standard InChI is InChI=1S/C20H23N3O4/c1-23-18-10-16(25-2)8-9-17(18)22-19(23)13-27-15-6-4-14(5-7-15)11-21-12-20(24)26-3/h4-10,21H,11-13H2,1-3H3. The Bertz CT molecular complexity index is 919. The van der Waals surface area contributed by atoms with Crippen LogP contribution in [-0.4, -0.2) is 36.3 Å². The third kappa shape index (κ3) is 4.57. The molecule has 0 saturated heterocycles. The Hall–Kier alpha value is -3.06. The zero-order valence-corrected chi connectivity index (χ0v) is 15.7. The highest BCUT2D eigenvalue weighted by Gasteiger charge is 2.09. The quantitative estimate of drug-likeness (QED) is 0.615. The van der Waals surface area contributed by atoms with E-state index in [9.17, 15) is 4.79 Å². The van der Waals surface area contributed by atoms with Gasteiger partial charge in [-0.2, -0.15) is 0 Å². The summed E-state index contributed by atoms with van der Waals surface area (Å²) in [4.78, 5) is 15.7. The van der Waals surface area contributed by atoms with Gasteiger partial charge in [0.05, 0.1) is 31.8 Å². The van der Waals surface area contributed by atoms with Crippen LogP contribution in [0.1, 0.15) is 11.4 Å². The maximum atomic E-state index is 11.1. The first-order valence-electron chi connectivity index (χ1n) is 8.59. The molecule has 1 N–H and O–H groups in total. The highest BCUT2D eigenvalue weighted by atomic mass is 16.5. The molecule has 0 unspecified atom stereocenters. The van der Waals surface area contributed by atoms with Crippen LogP contribution < -0.4 is 14.8 Å². The summed E-state index contributed by atoms with van der Waals surface area (Å²) in [5.41, 5.74) is 2.96. The van der Waals surface area contributed by atoms with Crippen molar-refractivity contribution in [1.29, 1.82) is 0 Å². The number of aromatic nitrogens is 2. The molecule has 0 atom stereocenters. The fraction of sp³-hybridized carbons (Fsp3) is 0.300. The molecule has 7 nitrogen and oxygen atoms in total. The zero-order valence-electron chi connectivity index (χ0n) is 15.7. The number of ether oxygens (including phenoxy) is 3.